The molecule has 4 heteroatoms. The van der Waals surface area contributed by atoms with E-state index in [1.807, 2.05) is 0 Å². The van der Waals surface area contributed by atoms with Crippen LogP contribution in [0.2, 0.25) is 0 Å². The van der Waals surface area contributed by atoms with Gasteiger partial charge in [-0.05, 0) is 20.8 Å². The van der Waals surface area contributed by atoms with E-state index < -0.39 is 11.5 Å². The van der Waals surface area contributed by atoms with E-state index in [-0.39, 0.29) is 0 Å². The second-order valence-corrected chi connectivity index (χ2v) is 2.76. The lowest BCUT2D eigenvalue weighted by molar-refractivity contribution is -0.152. The van der Waals surface area contributed by atoms with Crippen molar-refractivity contribution < 1.29 is 14.7 Å². The molecule has 0 unspecified atom stereocenters. The van der Waals surface area contributed by atoms with Gasteiger partial charge in [0.25, 0.3) is 0 Å². The Morgan fingerprint density at radius 1 is 1.64 bits per heavy atom. The molecule has 0 aliphatic rings. The Bertz CT molecular complexity index is 165. The third-order valence-electron chi connectivity index (χ3n) is 1.71. The zero-order chi connectivity index (χ0) is 9.07. The third-order valence-corrected chi connectivity index (χ3v) is 1.71. The first-order valence-corrected chi connectivity index (χ1v) is 3.42. The maximum absolute atomic E-state index is 10.6. The summed E-state index contributed by atoms with van der Waals surface area (Å²) in [4.78, 5) is 22.2. The molecule has 4 nitrogen and oxygen atoms in total. The van der Waals surface area contributed by atoms with Crippen molar-refractivity contribution in [2.45, 2.75) is 26.3 Å². The fourth-order valence-electron chi connectivity index (χ4n) is 0.724. The molecular weight excluding hydrogens is 146 g/mol. The minimum atomic E-state index is -1.10. The van der Waals surface area contributed by atoms with Gasteiger partial charge in [-0.25, -0.2) is 4.79 Å². The summed E-state index contributed by atoms with van der Waals surface area (Å²) < 4.78 is 0. The Hall–Kier alpha value is -1.06. The lowest BCUT2D eigenvalue weighted by Gasteiger charge is -2.30. The quantitative estimate of drug-likeness (QED) is 0.601. The number of nitrogens with zero attached hydrogens (tertiary/aromatic N) is 1. The van der Waals surface area contributed by atoms with Gasteiger partial charge in [-0.3, -0.25) is 4.79 Å². The van der Waals surface area contributed by atoms with Crippen molar-refractivity contribution in [3.05, 3.63) is 0 Å². The highest BCUT2D eigenvalue weighted by molar-refractivity contribution is 5.80. The molecule has 0 aliphatic heterocycles. The second-order valence-electron chi connectivity index (χ2n) is 2.76. The first-order chi connectivity index (χ1) is 4.96. The summed E-state index contributed by atoms with van der Waals surface area (Å²) >= 11 is 0. The molecule has 0 heterocycles. The van der Waals surface area contributed by atoms with Crippen LogP contribution in [0.25, 0.3) is 0 Å². The first kappa shape index (κ1) is 9.94. The van der Waals surface area contributed by atoms with E-state index in [4.69, 9.17) is 5.11 Å². The predicted molar refractivity (Wildman–Crippen MR) is 40.2 cm³/mol. The van der Waals surface area contributed by atoms with E-state index in [1.54, 1.807) is 6.92 Å². The molecule has 1 amide bonds. The van der Waals surface area contributed by atoms with Crippen molar-refractivity contribution in [2.24, 2.45) is 0 Å². The highest BCUT2D eigenvalue weighted by atomic mass is 16.4. The van der Waals surface area contributed by atoms with Crippen molar-refractivity contribution in [1.29, 1.82) is 0 Å². The summed E-state index contributed by atoms with van der Waals surface area (Å²) in [7, 11) is 0. The molecule has 11 heavy (non-hydrogen) atoms. The average molecular weight is 159 g/mol. The molecule has 0 aromatic carbocycles. The minimum Gasteiger partial charge on any atom is -0.480 e. The lowest BCUT2D eigenvalue weighted by Crippen LogP contribution is -2.49. The van der Waals surface area contributed by atoms with E-state index in [2.05, 4.69) is 0 Å². The number of amides is 1. The topological polar surface area (TPSA) is 57.6 Å². The normalized spacial score (nSPS) is 10.8. The largest absolute Gasteiger partial charge is 0.480 e. The molecule has 0 rings (SSSR count). The SMILES string of the molecule is CCN(C=O)C(C)(C)C(=O)O. The van der Waals surface area contributed by atoms with E-state index in [1.165, 1.54) is 18.7 Å². The number of carboxylic acid groups (broad SMARTS) is 1. The molecule has 0 atom stereocenters. The lowest BCUT2D eigenvalue weighted by atomic mass is 10.0. The summed E-state index contributed by atoms with van der Waals surface area (Å²) in [6, 6.07) is 0. The number of hydrogen-bond donors (Lipinski definition) is 1. The number of carbonyl (C=O) groups excluding carboxylic acids is 1. The van der Waals surface area contributed by atoms with Crippen LogP contribution in [0.4, 0.5) is 0 Å². The van der Waals surface area contributed by atoms with Gasteiger partial charge in [-0.2, -0.15) is 0 Å². The summed E-state index contributed by atoms with van der Waals surface area (Å²) in [6.45, 7) is 5.13. The highest BCUT2D eigenvalue weighted by Crippen LogP contribution is 2.11. The van der Waals surface area contributed by atoms with Gasteiger partial charge in [0.2, 0.25) is 6.41 Å². The van der Waals surface area contributed by atoms with Gasteiger partial charge >= 0.3 is 5.97 Å². The Kier molecular flexibility index (Phi) is 3.04. The molecule has 0 radical (unpaired) electrons. The molecule has 0 aromatic heterocycles. The van der Waals surface area contributed by atoms with Crippen LogP contribution in [-0.4, -0.2) is 34.5 Å². The van der Waals surface area contributed by atoms with Crippen LogP contribution in [0.1, 0.15) is 20.8 Å². The average Bonchev–Trinajstić information content (AvgIpc) is 1.89. The minimum absolute atomic E-state index is 0.406. The van der Waals surface area contributed by atoms with Crippen LogP contribution in [-0.2, 0) is 9.59 Å². The summed E-state index contributed by atoms with van der Waals surface area (Å²) in [5.41, 5.74) is -1.10. The smallest absolute Gasteiger partial charge is 0.329 e. The molecule has 0 saturated heterocycles. The van der Waals surface area contributed by atoms with Gasteiger partial charge in [0.1, 0.15) is 5.54 Å². The van der Waals surface area contributed by atoms with Crippen molar-refractivity contribution in [2.75, 3.05) is 6.54 Å². The van der Waals surface area contributed by atoms with Crippen molar-refractivity contribution >= 4 is 12.4 Å². The number of likely N-dealkylation sites (N-methyl/N-ethyl adjacent to an activating group) is 1. The second kappa shape index (κ2) is 3.37. The molecule has 0 aliphatic carbocycles. The van der Waals surface area contributed by atoms with Crippen molar-refractivity contribution in [3.8, 4) is 0 Å². The van der Waals surface area contributed by atoms with Gasteiger partial charge in [-0.15, -0.1) is 0 Å². The van der Waals surface area contributed by atoms with E-state index in [0.717, 1.165) is 0 Å². The fraction of sp³-hybridized carbons (Fsp3) is 0.714. The van der Waals surface area contributed by atoms with Crippen LogP contribution in [0.15, 0.2) is 0 Å². The van der Waals surface area contributed by atoms with Gasteiger partial charge in [-0.1, -0.05) is 0 Å². The first-order valence-electron chi connectivity index (χ1n) is 3.42. The number of carboxylic acids is 1. The monoisotopic (exact) mass is 159 g/mol. The van der Waals surface area contributed by atoms with Crippen LogP contribution >= 0.6 is 0 Å². The van der Waals surface area contributed by atoms with Gasteiger partial charge in [0.05, 0.1) is 0 Å². The van der Waals surface area contributed by atoms with Crippen LogP contribution in [0, 0.1) is 0 Å². The van der Waals surface area contributed by atoms with Gasteiger partial charge < -0.3 is 10.0 Å². The third kappa shape index (κ3) is 1.93. The Morgan fingerprint density at radius 3 is 2.18 bits per heavy atom. The van der Waals surface area contributed by atoms with Crippen LogP contribution in [0.5, 0.6) is 0 Å². The summed E-state index contributed by atoms with van der Waals surface area (Å²) in [6.07, 6.45) is 0.550. The zero-order valence-corrected chi connectivity index (χ0v) is 7.00. The molecule has 0 fully saturated rings. The summed E-state index contributed by atoms with van der Waals surface area (Å²) in [5.74, 6) is -0.994. The molecule has 1 N–H and O–H groups in total. The standard InChI is InChI=1S/C7H13NO3/c1-4-8(5-9)7(2,3)6(10)11/h5H,4H2,1-3H3,(H,10,11). The van der Waals surface area contributed by atoms with Crippen molar-refractivity contribution in [1.82, 2.24) is 4.90 Å². The van der Waals surface area contributed by atoms with E-state index in [9.17, 15) is 9.59 Å². The maximum atomic E-state index is 10.6. The van der Waals surface area contributed by atoms with E-state index >= 15 is 0 Å². The van der Waals surface area contributed by atoms with Crippen molar-refractivity contribution in [3.63, 3.8) is 0 Å². The van der Waals surface area contributed by atoms with Crippen LogP contribution < -0.4 is 0 Å². The molecule has 0 bridgehead atoms. The fourth-order valence-corrected chi connectivity index (χ4v) is 0.724. The predicted octanol–water partition coefficient (Wildman–Crippen LogP) is 0.328. The maximum Gasteiger partial charge on any atom is 0.329 e. The zero-order valence-electron chi connectivity index (χ0n) is 7.00. The Morgan fingerprint density at radius 2 is 2.09 bits per heavy atom. The molecule has 0 aromatic rings. The number of rotatable bonds is 4. The Balaban J connectivity index is 4.49. The Labute approximate surface area is 65.8 Å². The number of carbonyl (C=O) groups is 2. The number of aliphatic carboxylic acids is 1. The number of hydrogen-bond acceptors (Lipinski definition) is 2. The van der Waals surface area contributed by atoms with Gasteiger partial charge in [0.15, 0.2) is 0 Å². The van der Waals surface area contributed by atoms with E-state index in [0.29, 0.717) is 13.0 Å². The molecule has 0 saturated carbocycles. The molecular formula is C7H13NO3. The summed E-state index contributed by atoms with van der Waals surface area (Å²) in [5, 5.41) is 8.67. The highest BCUT2D eigenvalue weighted by Gasteiger charge is 2.32. The van der Waals surface area contributed by atoms with Crippen LogP contribution in [0.3, 0.4) is 0 Å². The molecule has 64 valence electrons. The molecule has 0 spiro atoms. The van der Waals surface area contributed by atoms with Gasteiger partial charge in [0, 0.05) is 6.54 Å².